The average molecular weight is 417 g/mol. The minimum atomic E-state index is -3.37. The van der Waals surface area contributed by atoms with Crippen molar-refractivity contribution in [2.45, 2.75) is 37.7 Å². The molecule has 0 amide bonds. The van der Waals surface area contributed by atoms with E-state index in [0.717, 1.165) is 28.4 Å². The summed E-state index contributed by atoms with van der Waals surface area (Å²) < 4.78 is 27.9. The van der Waals surface area contributed by atoms with Crippen LogP contribution >= 0.6 is 11.8 Å². The maximum absolute atomic E-state index is 11.7. The van der Waals surface area contributed by atoms with Gasteiger partial charge in [-0.2, -0.15) is 0 Å². The molecule has 1 aromatic heterocycles. The van der Waals surface area contributed by atoms with Crippen LogP contribution in [0.25, 0.3) is 5.69 Å². The number of hydrogen-bond acceptors (Lipinski definition) is 5. The van der Waals surface area contributed by atoms with Crippen LogP contribution in [0.1, 0.15) is 35.5 Å². The third-order valence-electron chi connectivity index (χ3n) is 4.35. The molecule has 0 fully saturated rings. The van der Waals surface area contributed by atoms with Gasteiger partial charge in [0.2, 0.25) is 10.0 Å². The number of nitrogens with zero attached hydrogens (tertiary/aromatic N) is 3. The molecule has 6 nitrogen and oxygen atoms in total. The fraction of sp³-hybridized carbons (Fsp3) is 0.300. The predicted molar refractivity (Wildman–Crippen MR) is 113 cm³/mol. The van der Waals surface area contributed by atoms with E-state index >= 15 is 0 Å². The molecular weight excluding hydrogens is 392 g/mol. The molecule has 1 heterocycles. The molecule has 0 spiro atoms. The van der Waals surface area contributed by atoms with Gasteiger partial charge in [-0.05, 0) is 44.0 Å². The van der Waals surface area contributed by atoms with E-state index in [4.69, 9.17) is 0 Å². The number of sulfonamides is 1. The van der Waals surface area contributed by atoms with Crippen LogP contribution in [-0.4, -0.2) is 29.4 Å². The van der Waals surface area contributed by atoms with Crippen molar-refractivity contribution in [3.05, 3.63) is 71.0 Å². The number of rotatable bonds is 7. The Labute approximate surface area is 170 Å². The van der Waals surface area contributed by atoms with Gasteiger partial charge in [0, 0.05) is 11.4 Å². The summed E-state index contributed by atoms with van der Waals surface area (Å²) >= 11 is 1.58. The third kappa shape index (κ3) is 5.01. The first kappa shape index (κ1) is 20.6. The van der Waals surface area contributed by atoms with E-state index in [2.05, 4.69) is 34.0 Å². The van der Waals surface area contributed by atoms with E-state index in [9.17, 15) is 8.42 Å². The molecule has 8 heteroatoms. The molecular formula is C20H24N4O2S2. The summed E-state index contributed by atoms with van der Waals surface area (Å²) in [6.07, 6.45) is 1.14. The molecule has 0 aliphatic carbocycles. The van der Waals surface area contributed by atoms with Gasteiger partial charge in [0.1, 0.15) is 0 Å². The zero-order valence-corrected chi connectivity index (χ0v) is 18.0. The smallest absolute Gasteiger partial charge is 0.209 e. The second-order valence-electron chi connectivity index (χ2n) is 6.84. The molecule has 0 aliphatic rings. The van der Waals surface area contributed by atoms with Crippen LogP contribution in [0.5, 0.6) is 0 Å². The van der Waals surface area contributed by atoms with Crippen molar-refractivity contribution in [1.29, 1.82) is 0 Å². The second-order valence-corrected chi connectivity index (χ2v) is 9.56. The molecule has 28 heavy (non-hydrogen) atoms. The van der Waals surface area contributed by atoms with Gasteiger partial charge in [-0.3, -0.25) is 4.57 Å². The number of aromatic nitrogens is 3. The highest BCUT2D eigenvalue weighted by Crippen LogP contribution is 2.28. The van der Waals surface area contributed by atoms with Gasteiger partial charge in [0.25, 0.3) is 0 Å². The average Bonchev–Trinajstić information content (AvgIpc) is 3.04. The highest BCUT2D eigenvalue weighted by atomic mass is 32.2. The van der Waals surface area contributed by atoms with Crippen molar-refractivity contribution in [3.63, 3.8) is 0 Å². The lowest BCUT2D eigenvalue weighted by atomic mass is 10.1. The Morgan fingerprint density at radius 1 is 1.07 bits per heavy atom. The van der Waals surface area contributed by atoms with Crippen LogP contribution in [0.15, 0.2) is 53.7 Å². The van der Waals surface area contributed by atoms with Crippen LogP contribution in [0.2, 0.25) is 0 Å². The third-order valence-corrected chi connectivity index (χ3v) is 6.11. The van der Waals surface area contributed by atoms with E-state index in [0.29, 0.717) is 5.82 Å². The van der Waals surface area contributed by atoms with Crippen LogP contribution in [0.4, 0.5) is 0 Å². The molecule has 2 aromatic carbocycles. The Hall–Kier alpha value is -2.16. The maximum Gasteiger partial charge on any atom is 0.209 e. The summed E-state index contributed by atoms with van der Waals surface area (Å²) in [5, 5.41) is 9.38. The molecule has 0 radical (unpaired) electrons. The Bertz CT molecular complexity index is 1060. The number of nitrogens with one attached hydrogen (secondary N) is 1. The molecule has 148 valence electrons. The Morgan fingerprint density at radius 2 is 1.75 bits per heavy atom. The minimum absolute atomic E-state index is 0.503. The SMILES string of the molecule is Cc1ccc(-n2c(SCc3ccccc3C)nnc2[C@@H](C)NS(C)(=O)=O)cc1. The first-order valence-electron chi connectivity index (χ1n) is 8.91. The fourth-order valence-corrected chi connectivity index (χ4v) is 4.66. The molecule has 1 N–H and O–H groups in total. The van der Waals surface area contributed by atoms with Crippen molar-refractivity contribution in [2.75, 3.05) is 6.26 Å². The maximum atomic E-state index is 11.7. The summed E-state index contributed by atoms with van der Waals surface area (Å²) in [5.74, 6) is 1.31. The van der Waals surface area contributed by atoms with Crippen molar-refractivity contribution in [1.82, 2.24) is 19.5 Å². The molecule has 0 aliphatic heterocycles. The largest absolute Gasteiger partial charge is 0.273 e. The highest BCUT2D eigenvalue weighted by Gasteiger charge is 2.22. The summed E-state index contributed by atoms with van der Waals surface area (Å²) in [6.45, 7) is 5.88. The van der Waals surface area contributed by atoms with Gasteiger partial charge in [-0.25, -0.2) is 13.1 Å². The van der Waals surface area contributed by atoms with Crippen molar-refractivity contribution >= 4 is 21.8 Å². The van der Waals surface area contributed by atoms with E-state index in [1.165, 1.54) is 11.1 Å². The Balaban J connectivity index is 1.97. The van der Waals surface area contributed by atoms with Crippen molar-refractivity contribution in [2.24, 2.45) is 0 Å². The first-order valence-corrected chi connectivity index (χ1v) is 11.8. The zero-order valence-electron chi connectivity index (χ0n) is 16.4. The summed E-state index contributed by atoms with van der Waals surface area (Å²) in [6, 6.07) is 15.8. The van der Waals surface area contributed by atoms with Gasteiger partial charge in [-0.15, -0.1) is 10.2 Å². The summed E-state index contributed by atoms with van der Waals surface area (Å²) in [4.78, 5) is 0. The molecule has 0 saturated carbocycles. The van der Waals surface area contributed by atoms with Gasteiger partial charge >= 0.3 is 0 Å². The summed E-state index contributed by atoms with van der Waals surface area (Å²) in [7, 11) is -3.37. The summed E-state index contributed by atoms with van der Waals surface area (Å²) in [5.41, 5.74) is 4.51. The molecule has 1 atom stereocenters. The lowest BCUT2D eigenvalue weighted by Crippen LogP contribution is -2.27. The number of thioether (sulfide) groups is 1. The van der Waals surface area contributed by atoms with Crippen molar-refractivity contribution < 1.29 is 8.42 Å². The second kappa shape index (κ2) is 8.46. The number of hydrogen-bond donors (Lipinski definition) is 1. The topological polar surface area (TPSA) is 76.9 Å². The van der Waals surface area contributed by atoms with E-state index in [-0.39, 0.29) is 0 Å². The molecule has 3 aromatic rings. The van der Waals surface area contributed by atoms with Gasteiger partial charge in [-0.1, -0.05) is 53.7 Å². The van der Waals surface area contributed by atoms with Gasteiger partial charge in [0.05, 0.1) is 12.3 Å². The minimum Gasteiger partial charge on any atom is -0.273 e. The monoisotopic (exact) mass is 416 g/mol. The molecule has 0 saturated heterocycles. The normalized spacial score (nSPS) is 12.9. The van der Waals surface area contributed by atoms with Gasteiger partial charge < -0.3 is 0 Å². The fourth-order valence-electron chi connectivity index (χ4n) is 2.88. The molecule has 0 unspecified atom stereocenters. The van der Waals surface area contributed by atoms with Gasteiger partial charge in [0.15, 0.2) is 11.0 Å². The first-order chi connectivity index (χ1) is 13.2. The Morgan fingerprint density at radius 3 is 2.39 bits per heavy atom. The number of aryl methyl sites for hydroxylation is 2. The van der Waals surface area contributed by atoms with E-state index in [1.54, 1.807) is 18.7 Å². The lowest BCUT2D eigenvalue weighted by molar-refractivity contribution is 0.561. The lowest BCUT2D eigenvalue weighted by Gasteiger charge is -2.15. The standard InChI is InChI=1S/C20H24N4O2S2/c1-14-9-11-18(12-10-14)24-19(16(3)23-28(4,25)26)21-22-20(24)27-13-17-8-6-5-7-15(17)2/h5-12,16,23H,13H2,1-4H3/t16-/m1/s1. The van der Waals surface area contributed by atoms with Crippen LogP contribution in [0.3, 0.4) is 0 Å². The van der Waals surface area contributed by atoms with Crippen LogP contribution in [0, 0.1) is 13.8 Å². The zero-order chi connectivity index (χ0) is 20.3. The predicted octanol–water partition coefficient (Wildman–Crippen LogP) is 3.79. The van der Waals surface area contributed by atoms with E-state index in [1.807, 2.05) is 47.9 Å². The Kier molecular flexibility index (Phi) is 6.22. The van der Waals surface area contributed by atoms with Crippen LogP contribution < -0.4 is 4.72 Å². The van der Waals surface area contributed by atoms with Crippen molar-refractivity contribution in [3.8, 4) is 5.69 Å². The van der Waals surface area contributed by atoms with E-state index < -0.39 is 16.1 Å². The highest BCUT2D eigenvalue weighted by molar-refractivity contribution is 7.98. The molecule has 0 bridgehead atoms. The molecule has 3 rings (SSSR count). The quantitative estimate of drug-likeness (QED) is 0.593. The number of benzene rings is 2. The van der Waals surface area contributed by atoms with Crippen LogP contribution in [-0.2, 0) is 15.8 Å².